The number of piperidine rings is 1. The van der Waals surface area contributed by atoms with Gasteiger partial charge in [-0.05, 0) is 44.9 Å². The highest BCUT2D eigenvalue weighted by atomic mass is 35.5. The summed E-state index contributed by atoms with van der Waals surface area (Å²) in [6, 6.07) is 8.22. The number of imidazole rings is 1. The van der Waals surface area contributed by atoms with Gasteiger partial charge in [0, 0.05) is 55.6 Å². The maximum absolute atomic E-state index is 13.4. The van der Waals surface area contributed by atoms with Crippen LogP contribution in [0.25, 0.3) is 21.9 Å². The minimum absolute atomic E-state index is 0.113. The molecule has 1 aromatic carbocycles. The first-order chi connectivity index (χ1) is 16.6. The summed E-state index contributed by atoms with van der Waals surface area (Å²) < 4.78 is 9.94. The number of hydrogen-bond donors (Lipinski definition) is 0. The number of carbonyl (C=O) groups excluding carboxylic acids is 1. The molecule has 0 atom stereocenters. The summed E-state index contributed by atoms with van der Waals surface area (Å²) in [7, 11) is 0. The monoisotopic (exact) mass is 479 g/mol. The number of fused-ring (bicyclic) bond motifs is 2. The fourth-order valence-corrected chi connectivity index (χ4v) is 5.44. The Bertz CT molecular complexity index is 1320. The minimum atomic E-state index is 0.113. The average Bonchev–Trinajstić information content (AvgIpc) is 3.38. The van der Waals surface area contributed by atoms with Gasteiger partial charge in [-0.15, -0.1) is 0 Å². The molecule has 1 aliphatic heterocycles. The van der Waals surface area contributed by atoms with E-state index in [2.05, 4.69) is 30.9 Å². The zero-order valence-corrected chi connectivity index (χ0v) is 20.5. The Kier molecular flexibility index (Phi) is 6.68. The molecule has 1 fully saturated rings. The molecule has 0 unspecified atom stereocenters. The average molecular weight is 480 g/mol. The highest BCUT2D eigenvalue weighted by molar-refractivity contribution is 6.37. The third kappa shape index (κ3) is 4.35. The van der Waals surface area contributed by atoms with Crippen LogP contribution in [0.4, 0.5) is 0 Å². The van der Waals surface area contributed by atoms with Crippen LogP contribution in [0, 0.1) is 6.92 Å². The van der Waals surface area contributed by atoms with E-state index >= 15 is 0 Å². The maximum Gasteiger partial charge on any atom is 0.179 e. The summed E-state index contributed by atoms with van der Waals surface area (Å²) in [6.45, 7) is 8.15. The van der Waals surface area contributed by atoms with Crippen molar-refractivity contribution < 1.29 is 9.53 Å². The first-order valence-corrected chi connectivity index (χ1v) is 12.3. The lowest BCUT2D eigenvalue weighted by Crippen LogP contribution is -2.38. The van der Waals surface area contributed by atoms with E-state index < -0.39 is 0 Å². The Labute approximate surface area is 204 Å². The van der Waals surface area contributed by atoms with Crippen LogP contribution in [-0.4, -0.2) is 62.6 Å². The van der Waals surface area contributed by atoms with E-state index in [1.165, 1.54) is 0 Å². The van der Waals surface area contributed by atoms with Crippen molar-refractivity contribution in [2.45, 2.75) is 39.3 Å². The van der Waals surface area contributed by atoms with E-state index in [0.29, 0.717) is 42.9 Å². The summed E-state index contributed by atoms with van der Waals surface area (Å²) in [6.07, 6.45) is 7.56. The Hall–Kier alpha value is -2.74. The van der Waals surface area contributed by atoms with Crippen molar-refractivity contribution in [2.24, 2.45) is 0 Å². The zero-order valence-electron chi connectivity index (χ0n) is 19.7. The highest BCUT2D eigenvalue weighted by Gasteiger charge is 2.26. The number of halogens is 1. The number of rotatable bonds is 8. The van der Waals surface area contributed by atoms with Crippen molar-refractivity contribution in [3.63, 3.8) is 0 Å². The van der Waals surface area contributed by atoms with Crippen LogP contribution >= 0.6 is 11.6 Å². The van der Waals surface area contributed by atoms with E-state index in [1.807, 2.05) is 49.8 Å². The molecule has 0 bridgehead atoms. The molecular weight excluding hydrogens is 450 g/mol. The van der Waals surface area contributed by atoms with Crippen molar-refractivity contribution in [1.82, 2.24) is 24.0 Å². The van der Waals surface area contributed by atoms with Crippen LogP contribution in [0.1, 0.15) is 42.0 Å². The van der Waals surface area contributed by atoms with Crippen molar-refractivity contribution in [2.75, 3.05) is 32.8 Å². The predicted molar refractivity (Wildman–Crippen MR) is 135 cm³/mol. The fourth-order valence-electron chi connectivity index (χ4n) is 5.17. The molecule has 7 nitrogen and oxygen atoms in total. The maximum atomic E-state index is 13.4. The van der Waals surface area contributed by atoms with Crippen LogP contribution < -0.4 is 0 Å². The van der Waals surface area contributed by atoms with E-state index in [9.17, 15) is 4.79 Å². The number of nitrogens with zero attached hydrogens (tertiary/aromatic N) is 5. The Morgan fingerprint density at radius 3 is 2.82 bits per heavy atom. The molecule has 0 radical (unpaired) electrons. The molecule has 0 spiro atoms. The molecule has 178 valence electrons. The molecule has 1 aliphatic rings. The smallest absolute Gasteiger partial charge is 0.179 e. The van der Waals surface area contributed by atoms with Crippen molar-refractivity contribution >= 4 is 39.3 Å². The number of carbonyl (C=O) groups is 1. The second-order valence-corrected chi connectivity index (χ2v) is 9.30. The molecule has 1 saturated heterocycles. The van der Waals surface area contributed by atoms with Gasteiger partial charge in [0.05, 0.1) is 35.4 Å². The quantitative estimate of drug-likeness (QED) is 0.265. The number of hydrogen-bond acceptors (Lipinski definition) is 5. The molecule has 34 heavy (non-hydrogen) atoms. The van der Waals surface area contributed by atoms with Gasteiger partial charge >= 0.3 is 0 Å². The number of ether oxygens (including phenoxy) is 1. The van der Waals surface area contributed by atoms with E-state index in [1.54, 1.807) is 0 Å². The number of pyridine rings is 1. The largest absolute Gasteiger partial charge is 0.380 e. The lowest BCUT2D eigenvalue weighted by molar-refractivity contribution is 0.0899. The lowest BCUT2D eigenvalue weighted by Gasteiger charge is -2.33. The number of likely N-dealkylation sites (tertiary alicyclic amines) is 1. The predicted octanol–water partition coefficient (Wildman–Crippen LogP) is 4.90. The first kappa shape index (κ1) is 23.0. The van der Waals surface area contributed by atoms with Gasteiger partial charge in [0.15, 0.2) is 5.78 Å². The van der Waals surface area contributed by atoms with Gasteiger partial charge in [0.2, 0.25) is 0 Å². The van der Waals surface area contributed by atoms with Crippen molar-refractivity contribution in [1.29, 1.82) is 0 Å². The van der Waals surface area contributed by atoms with Gasteiger partial charge in [0.25, 0.3) is 0 Å². The highest BCUT2D eigenvalue weighted by Crippen LogP contribution is 2.31. The molecule has 0 saturated carbocycles. The van der Waals surface area contributed by atoms with Crippen molar-refractivity contribution in [3.8, 4) is 0 Å². The second kappa shape index (κ2) is 9.86. The number of ketones is 1. The number of aryl methyl sites for hydroxylation is 1. The molecule has 0 aliphatic carbocycles. The van der Waals surface area contributed by atoms with E-state index in [-0.39, 0.29) is 5.78 Å². The van der Waals surface area contributed by atoms with Crippen LogP contribution in [0.15, 0.2) is 42.9 Å². The van der Waals surface area contributed by atoms with Gasteiger partial charge < -0.3 is 13.9 Å². The van der Waals surface area contributed by atoms with Gasteiger partial charge in [-0.2, -0.15) is 0 Å². The van der Waals surface area contributed by atoms with E-state index in [0.717, 1.165) is 53.7 Å². The summed E-state index contributed by atoms with van der Waals surface area (Å²) >= 11 is 6.54. The summed E-state index contributed by atoms with van der Waals surface area (Å²) in [4.78, 5) is 24.5. The molecule has 0 amide bonds. The third-order valence-corrected chi connectivity index (χ3v) is 7.11. The van der Waals surface area contributed by atoms with Gasteiger partial charge in [-0.25, -0.2) is 4.98 Å². The first-order valence-electron chi connectivity index (χ1n) is 12.0. The number of benzene rings is 1. The third-order valence-electron chi connectivity index (χ3n) is 6.79. The molecule has 4 heterocycles. The Morgan fingerprint density at radius 2 is 2.03 bits per heavy atom. The Morgan fingerprint density at radius 1 is 1.21 bits per heavy atom. The molecular formula is C26H30ClN5O2. The normalized spacial score (nSPS) is 15.5. The van der Waals surface area contributed by atoms with Crippen LogP contribution in [0.2, 0.25) is 5.02 Å². The molecule has 3 aromatic heterocycles. The summed E-state index contributed by atoms with van der Waals surface area (Å²) in [5, 5.41) is 1.46. The summed E-state index contributed by atoms with van der Waals surface area (Å²) in [5.74, 6) is 1.13. The Balaban J connectivity index is 1.30. The fraction of sp³-hybridized carbons (Fsp3) is 0.423. The van der Waals surface area contributed by atoms with E-state index in [4.69, 9.17) is 16.3 Å². The van der Waals surface area contributed by atoms with Gasteiger partial charge in [-0.3, -0.25) is 14.7 Å². The minimum Gasteiger partial charge on any atom is -0.380 e. The number of Topliss-reactive ketones (excluding diaryl/α,β-unsaturated/α-hetero) is 1. The van der Waals surface area contributed by atoms with Gasteiger partial charge in [0.1, 0.15) is 11.3 Å². The van der Waals surface area contributed by atoms with Crippen LogP contribution in [0.5, 0.6) is 0 Å². The number of aromatic nitrogens is 4. The zero-order chi connectivity index (χ0) is 23.7. The molecule has 5 rings (SSSR count). The molecule has 8 heteroatoms. The van der Waals surface area contributed by atoms with Gasteiger partial charge in [-0.1, -0.05) is 17.7 Å². The lowest BCUT2D eigenvalue weighted by atomic mass is 10.0. The van der Waals surface area contributed by atoms with Crippen molar-refractivity contribution in [3.05, 3.63) is 59.3 Å². The standard InChI is InChI=1S/C26H30ClN5O2/c1-3-34-14-13-31-16-20(26-21(27)5-4-6-24(26)31)25(33)17-30-11-8-19(9-12-30)32-18(2)29-22-15-28-10-7-23(22)32/h4-7,10,15-16,19H,3,8-9,11-14,17H2,1-2H3. The van der Waals surface area contributed by atoms with Crippen LogP contribution in [0.3, 0.4) is 0 Å². The summed E-state index contributed by atoms with van der Waals surface area (Å²) in [5.41, 5.74) is 3.75. The molecule has 0 N–H and O–H groups in total. The molecule has 4 aromatic rings. The van der Waals surface area contributed by atoms with Crippen LogP contribution in [-0.2, 0) is 11.3 Å². The SMILES string of the molecule is CCOCCn1cc(C(=O)CN2CCC(n3c(C)nc4cnccc43)CC2)c2c(Cl)cccc21. The topological polar surface area (TPSA) is 65.2 Å². The second-order valence-electron chi connectivity index (χ2n) is 8.89.